The molecule has 1 saturated heterocycles. The van der Waals surface area contributed by atoms with Gasteiger partial charge in [-0.3, -0.25) is 14.2 Å². The minimum absolute atomic E-state index is 0.000744. The third-order valence-corrected chi connectivity index (χ3v) is 7.25. The van der Waals surface area contributed by atoms with Crippen LogP contribution in [0.5, 0.6) is 0 Å². The maximum absolute atomic E-state index is 13.2. The van der Waals surface area contributed by atoms with Crippen LogP contribution in [-0.2, 0) is 13.0 Å². The zero-order valence-corrected chi connectivity index (χ0v) is 17.7. The number of hydrogen-bond donors (Lipinski definition) is 0. The topological polar surface area (TPSA) is 58.4 Å². The molecule has 0 N–H and O–H groups in total. The average Bonchev–Trinajstić information content (AvgIpc) is 3.33. The number of aryl methyl sites for hydroxylation is 2. The summed E-state index contributed by atoms with van der Waals surface area (Å²) < 4.78 is 1.76. The lowest BCUT2D eigenvalue weighted by Gasteiger charge is -2.36. The molecule has 3 aromatic rings. The van der Waals surface area contributed by atoms with E-state index < -0.39 is 0 Å². The first kappa shape index (κ1) is 18.6. The molecule has 6 nitrogen and oxygen atoms in total. The minimum atomic E-state index is 0.000744. The quantitative estimate of drug-likeness (QED) is 0.628. The summed E-state index contributed by atoms with van der Waals surface area (Å²) in [5, 5.41) is 1.33. The molecule has 0 saturated carbocycles. The molecule has 29 heavy (non-hydrogen) atoms. The average molecular weight is 429 g/mol. The maximum Gasteiger partial charge on any atom is 0.264 e. The highest BCUT2D eigenvalue weighted by atomic mass is 35.5. The number of piperazine rings is 1. The molecule has 1 amide bonds. The van der Waals surface area contributed by atoms with Gasteiger partial charge in [0.25, 0.3) is 11.5 Å². The van der Waals surface area contributed by atoms with E-state index in [1.54, 1.807) is 4.57 Å². The first-order valence-electron chi connectivity index (χ1n) is 9.85. The summed E-state index contributed by atoms with van der Waals surface area (Å²) in [5.41, 5.74) is 1.85. The molecule has 5 rings (SSSR count). The number of aromatic nitrogens is 2. The summed E-state index contributed by atoms with van der Waals surface area (Å²) in [6, 6.07) is 7.80. The van der Waals surface area contributed by atoms with Gasteiger partial charge in [-0.25, -0.2) is 4.98 Å². The third kappa shape index (κ3) is 3.13. The van der Waals surface area contributed by atoms with Crippen molar-refractivity contribution in [2.24, 2.45) is 0 Å². The Morgan fingerprint density at radius 3 is 2.72 bits per heavy atom. The lowest BCUT2D eigenvalue weighted by molar-refractivity contribution is 0.0751. The standard InChI is InChI=1S/C21H21ClN4O2S/c1-13-17-19(23-16-6-3-7-26(16)20(17)27)29-18(13)21(28)25-10-8-24(9-11-25)15-5-2-4-14(22)12-15/h2,4-5,12H,3,6-11H2,1H3. The summed E-state index contributed by atoms with van der Waals surface area (Å²) in [7, 11) is 0. The summed E-state index contributed by atoms with van der Waals surface area (Å²) >= 11 is 7.46. The van der Waals surface area contributed by atoms with Crippen molar-refractivity contribution in [2.75, 3.05) is 31.1 Å². The van der Waals surface area contributed by atoms with E-state index in [1.807, 2.05) is 36.1 Å². The molecular formula is C21H21ClN4O2S. The monoisotopic (exact) mass is 428 g/mol. The summed E-state index contributed by atoms with van der Waals surface area (Å²) in [6.07, 6.45) is 1.79. The van der Waals surface area contributed by atoms with Gasteiger partial charge in [-0.2, -0.15) is 0 Å². The van der Waals surface area contributed by atoms with Crippen molar-refractivity contribution >= 4 is 44.7 Å². The smallest absolute Gasteiger partial charge is 0.264 e. The molecule has 150 valence electrons. The minimum Gasteiger partial charge on any atom is -0.368 e. The van der Waals surface area contributed by atoms with Crippen molar-refractivity contribution in [3.63, 3.8) is 0 Å². The number of amides is 1. The number of hydrogen-bond acceptors (Lipinski definition) is 5. The molecule has 0 atom stereocenters. The van der Waals surface area contributed by atoms with E-state index >= 15 is 0 Å². The molecule has 2 aliphatic rings. The molecule has 1 aromatic carbocycles. The van der Waals surface area contributed by atoms with Crippen LogP contribution in [0.15, 0.2) is 29.1 Å². The van der Waals surface area contributed by atoms with Gasteiger partial charge in [0.15, 0.2) is 0 Å². The highest BCUT2D eigenvalue weighted by Crippen LogP contribution is 2.30. The molecule has 0 radical (unpaired) electrons. The van der Waals surface area contributed by atoms with Gasteiger partial charge in [0.1, 0.15) is 10.7 Å². The summed E-state index contributed by atoms with van der Waals surface area (Å²) in [5.74, 6) is 0.846. The molecule has 0 aliphatic carbocycles. The van der Waals surface area contributed by atoms with Crippen LogP contribution in [0.2, 0.25) is 5.02 Å². The van der Waals surface area contributed by atoms with Gasteiger partial charge in [0.05, 0.1) is 10.3 Å². The van der Waals surface area contributed by atoms with Crippen LogP contribution >= 0.6 is 22.9 Å². The lowest BCUT2D eigenvalue weighted by Crippen LogP contribution is -2.48. The van der Waals surface area contributed by atoms with Gasteiger partial charge in [-0.15, -0.1) is 11.3 Å². The Labute approximate surface area is 177 Å². The fraction of sp³-hybridized carbons (Fsp3) is 0.381. The zero-order valence-electron chi connectivity index (χ0n) is 16.2. The number of benzene rings is 1. The fourth-order valence-electron chi connectivity index (χ4n) is 4.26. The second-order valence-electron chi connectivity index (χ2n) is 7.58. The van der Waals surface area contributed by atoms with E-state index in [0.29, 0.717) is 33.2 Å². The van der Waals surface area contributed by atoms with Crippen LogP contribution in [0.4, 0.5) is 5.69 Å². The Bertz CT molecular complexity index is 1180. The van der Waals surface area contributed by atoms with E-state index in [0.717, 1.165) is 49.6 Å². The third-order valence-electron chi connectivity index (χ3n) is 5.85. The Morgan fingerprint density at radius 1 is 1.17 bits per heavy atom. The highest BCUT2D eigenvalue weighted by Gasteiger charge is 2.28. The van der Waals surface area contributed by atoms with Crippen LogP contribution in [-0.4, -0.2) is 46.5 Å². The molecule has 2 aliphatic heterocycles. The van der Waals surface area contributed by atoms with Crippen molar-refractivity contribution in [1.29, 1.82) is 0 Å². The van der Waals surface area contributed by atoms with Gasteiger partial charge >= 0.3 is 0 Å². The highest BCUT2D eigenvalue weighted by molar-refractivity contribution is 7.20. The van der Waals surface area contributed by atoms with Crippen molar-refractivity contribution in [2.45, 2.75) is 26.3 Å². The lowest BCUT2D eigenvalue weighted by atomic mass is 10.2. The van der Waals surface area contributed by atoms with Crippen LogP contribution in [0.25, 0.3) is 10.2 Å². The van der Waals surface area contributed by atoms with Crippen LogP contribution in [0.3, 0.4) is 0 Å². The van der Waals surface area contributed by atoms with Crippen molar-refractivity contribution < 1.29 is 4.79 Å². The zero-order chi connectivity index (χ0) is 20.1. The molecule has 0 unspecified atom stereocenters. The van der Waals surface area contributed by atoms with E-state index in [2.05, 4.69) is 9.88 Å². The first-order valence-corrected chi connectivity index (χ1v) is 11.0. The second kappa shape index (κ2) is 7.15. The van der Waals surface area contributed by atoms with Gasteiger partial charge in [-0.1, -0.05) is 17.7 Å². The molecular weight excluding hydrogens is 408 g/mol. The molecule has 0 spiro atoms. The molecule has 8 heteroatoms. The molecule has 4 heterocycles. The van der Waals surface area contributed by atoms with Gasteiger partial charge in [0, 0.05) is 49.9 Å². The Morgan fingerprint density at radius 2 is 1.97 bits per heavy atom. The van der Waals surface area contributed by atoms with Gasteiger partial charge < -0.3 is 9.80 Å². The SMILES string of the molecule is Cc1c(C(=O)N2CCN(c3cccc(Cl)c3)CC2)sc2nc3n(c(=O)c12)CCC3. The molecule has 1 fully saturated rings. The number of nitrogens with zero attached hydrogens (tertiary/aromatic N) is 4. The van der Waals surface area contributed by atoms with Crippen LogP contribution in [0.1, 0.15) is 27.5 Å². The fourth-order valence-corrected chi connectivity index (χ4v) is 5.61. The first-order chi connectivity index (χ1) is 14.0. The molecule has 0 bridgehead atoms. The van der Waals surface area contributed by atoms with Crippen molar-refractivity contribution in [3.8, 4) is 0 Å². The Balaban J connectivity index is 1.39. The Hall–Kier alpha value is -2.38. The largest absolute Gasteiger partial charge is 0.368 e. The van der Waals surface area contributed by atoms with E-state index in [4.69, 9.17) is 11.6 Å². The number of carbonyl (C=O) groups is 1. The number of halogens is 1. The maximum atomic E-state index is 13.2. The van der Waals surface area contributed by atoms with Crippen LogP contribution < -0.4 is 10.5 Å². The predicted molar refractivity (Wildman–Crippen MR) is 117 cm³/mol. The number of fused-ring (bicyclic) bond motifs is 2. The summed E-state index contributed by atoms with van der Waals surface area (Å²) in [4.78, 5) is 36.2. The normalized spacial score (nSPS) is 16.5. The van der Waals surface area contributed by atoms with Gasteiger partial charge in [-0.05, 0) is 37.1 Å². The number of rotatable bonds is 2. The van der Waals surface area contributed by atoms with E-state index in [-0.39, 0.29) is 11.5 Å². The van der Waals surface area contributed by atoms with Crippen molar-refractivity contribution in [3.05, 3.63) is 55.9 Å². The van der Waals surface area contributed by atoms with E-state index in [1.165, 1.54) is 11.3 Å². The van der Waals surface area contributed by atoms with Crippen molar-refractivity contribution in [1.82, 2.24) is 14.5 Å². The summed E-state index contributed by atoms with van der Waals surface area (Å²) in [6.45, 7) is 5.39. The number of carbonyl (C=O) groups excluding carboxylic acids is 1. The second-order valence-corrected chi connectivity index (χ2v) is 9.02. The Kier molecular flexibility index (Phi) is 4.59. The molecule has 2 aromatic heterocycles. The van der Waals surface area contributed by atoms with E-state index in [9.17, 15) is 9.59 Å². The predicted octanol–water partition coefficient (Wildman–Crippen LogP) is 3.33. The number of thiophene rings is 1. The number of anilines is 1. The van der Waals surface area contributed by atoms with Gasteiger partial charge in [0.2, 0.25) is 0 Å². The van der Waals surface area contributed by atoms with Crippen LogP contribution in [0, 0.1) is 6.92 Å².